The van der Waals surface area contributed by atoms with Crippen LogP contribution in [0.4, 0.5) is 0 Å². The van der Waals surface area contributed by atoms with Gasteiger partial charge in [0.05, 0.1) is 38.6 Å². The van der Waals surface area contributed by atoms with Crippen molar-refractivity contribution in [2.45, 2.75) is 324 Å². The molecule has 12 N–H and O–H groups in total. The molecule has 0 radical (unpaired) electrons. The van der Waals surface area contributed by atoms with Crippen molar-refractivity contribution in [3.8, 4) is 0 Å². The molecule has 3 saturated heterocycles. The van der Waals surface area contributed by atoms with Crippen LogP contribution in [0.15, 0.2) is 72.9 Å². The van der Waals surface area contributed by atoms with E-state index >= 15 is 0 Å². The number of amides is 1. The van der Waals surface area contributed by atoms with E-state index in [2.05, 4.69) is 92.1 Å². The molecule has 19 heteroatoms. The lowest BCUT2D eigenvalue weighted by molar-refractivity contribution is -0.379. The van der Waals surface area contributed by atoms with E-state index < -0.39 is 124 Å². The van der Waals surface area contributed by atoms with Crippen LogP contribution in [0.5, 0.6) is 0 Å². The Labute approximate surface area is 521 Å². The first kappa shape index (κ1) is 78.5. The Morgan fingerprint density at radius 3 is 1.24 bits per heavy atom. The average molecular weight is 1240 g/mol. The van der Waals surface area contributed by atoms with Crippen LogP contribution in [-0.4, -0.2) is 193 Å². The van der Waals surface area contributed by atoms with Gasteiger partial charge in [0.2, 0.25) is 5.91 Å². The Balaban J connectivity index is 1.33. The summed E-state index contributed by atoms with van der Waals surface area (Å²) in [4.78, 5) is 13.4. The molecule has 17 atom stereocenters. The maximum atomic E-state index is 13.4. The number of allylic oxidation sites excluding steroid dienone is 12. The molecule has 3 heterocycles. The van der Waals surface area contributed by atoms with Crippen LogP contribution in [0.2, 0.25) is 0 Å². The van der Waals surface area contributed by atoms with Gasteiger partial charge in [0.15, 0.2) is 18.9 Å². The van der Waals surface area contributed by atoms with Crippen molar-refractivity contribution in [1.29, 1.82) is 0 Å². The van der Waals surface area contributed by atoms with Gasteiger partial charge in [0.1, 0.15) is 73.2 Å². The van der Waals surface area contributed by atoms with Crippen molar-refractivity contribution in [2.24, 2.45) is 0 Å². The summed E-state index contributed by atoms with van der Waals surface area (Å²) in [6.07, 6.45) is 34.5. The molecule has 3 aliphatic heterocycles. The molecule has 0 aromatic rings. The molecule has 87 heavy (non-hydrogen) atoms. The lowest BCUT2D eigenvalue weighted by Crippen LogP contribution is -2.66. The smallest absolute Gasteiger partial charge is 0.220 e. The Bertz CT molecular complexity index is 1860. The number of rotatable bonds is 50. The predicted octanol–water partition coefficient (Wildman–Crippen LogP) is 8.16. The maximum Gasteiger partial charge on any atom is 0.220 e. The number of aliphatic hydroxyl groups is 11. The van der Waals surface area contributed by atoms with E-state index in [1.807, 2.05) is 0 Å². The number of hydrogen-bond acceptors (Lipinski definition) is 18. The summed E-state index contributed by atoms with van der Waals surface area (Å²) in [5.41, 5.74) is 0. The minimum absolute atomic E-state index is 0.248. The highest BCUT2D eigenvalue weighted by Crippen LogP contribution is 2.33. The van der Waals surface area contributed by atoms with E-state index in [1.165, 1.54) is 96.3 Å². The number of aliphatic hydroxyl groups excluding tert-OH is 11. The van der Waals surface area contributed by atoms with E-state index in [1.54, 1.807) is 0 Å². The van der Waals surface area contributed by atoms with E-state index in [0.29, 0.717) is 12.8 Å². The Morgan fingerprint density at radius 2 is 0.793 bits per heavy atom. The van der Waals surface area contributed by atoms with Gasteiger partial charge in [0.25, 0.3) is 0 Å². The molecular weight excluding hydrogens is 1120 g/mol. The second-order valence-electron chi connectivity index (χ2n) is 23.9. The van der Waals surface area contributed by atoms with Crippen LogP contribution in [-0.2, 0) is 33.2 Å². The van der Waals surface area contributed by atoms with Gasteiger partial charge in [-0.1, -0.05) is 222 Å². The highest BCUT2D eigenvalue weighted by atomic mass is 16.8. The molecule has 0 aliphatic carbocycles. The highest BCUT2D eigenvalue weighted by molar-refractivity contribution is 5.76. The average Bonchev–Trinajstić information content (AvgIpc) is 1.04. The van der Waals surface area contributed by atoms with Crippen molar-refractivity contribution < 1.29 is 89.4 Å². The molecule has 0 spiro atoms. The van der Waals surface area contributed by atoms with Gasteiger partial charge in [-0.3, -0.25) is 4.79 Å². The van der Waals surface area contributed by atoms with E-state index in [9.17, 15) is 61.0 Å². The lowest BCUT2D eigenvalue weighted by Gasteiger charge is -2.48. The van der Waals surface area contributed by atoms with Gasteiger partial charge in [0, 0.05) is 6.42 Å². The first-order valence-electron chi connectivity index (χ1n) is 33.7. The highest BCUT2D eigenvalue weighted by Gasteiger charge is 2.53. The van der Waals surface area contributed by atoms with Crippen molar-refractivity contribution >= 4 is 5.91 Å². The Kier molecular flexibility index (Phi) is 45.0. The molecule has 17 unspecified atom stereocenters. The third-order valence-corrected chi connectivity index (χ3v) is 16.5. The van der Waals surface area contributed by atoms with Gasteiger partial charge >= 0.3 is 0 Å². The quantitative estimate of drug-likeness (QED) is 0.0202. The summed E-state index contributed by atoms with van der Waals surface area (Å²) in [7, 11) is 0. The van der Waals surface area contributed by atoms with E-state index in [-0.39, 0.29) is 18.9 Å². The van der Waals surface area contributed by atoms with Gasteiger partial charge in [-0.15, -0.1) is 0 Å². The Morgan fingerprint density at radius 1 is 0.425 bits per heavy atom. The summed E-state index contributed by atoms with van der Waals surface area (Å²) in [6, 6.07) is -0.888. The SMILES string of the molecule is CC/C=C\C/C=C\C/C=C\C/C=C\C/C=C\C/C=C\CCCCCCCCCCCCCCCCC(=O)NC(COC1OC(CO)C(OC2OC(CO)C(OC3OC(CO)C(O)C(O)C3O)C(O)C2O)C(O)C1O)C(O)CCCCCCCCCCC. The third kappa shape index (κ3) is 32.4. The molecule has 3 rings (SSSR count). The number of carbonyl (C=O) groups excluding carboxylic acids is 1. The first-order chi connectivity index (χ1) is 42.3. The van der Waals surface area contributed by atoms with Gasteiger partial charge in [-0.05, 0) is 64.2 Å². The molecule has 0 aromatic heterocycles. The number of ether oxygens (including phenoxy) is 6. The molecule has 3 fully saturated rings. The van der Waals surface area contributed by atoms with Crippen LogP contribution in [0, 0.1) is 0 Å². The van der Waals surface area contributed by atoms with E-state index in [0.717, 1.165) is 89.9 Å². The molecule has 504 valence electrons. The molecule has 0 bridgehead atoms. The third-order valence-electron chi connectivity index (χ3n) is 16.5. The van der Waals surface area contributed by atoms with Gasteiger partial charge in [-0.25, -0.2) is 0 Å². The summed E-state index contributed by atoms with van der Waals surface area (Å²) in [6.45, 7) is 1.64. The number of nitrogens with one attached hydrogen (secondary N) is 1. The molecular formula is C68H119NO18. The fraction of sp³-hybridized carbons (Fsp3) is 0.809. The van der Waals surface area contributed by atoms with Crippen molar-refractivity contribution in [3.05, 3.63) is 72.9 Å². The fourth-order valence-electron chi connectivity index (χ4n) is 11.1. The molecule has 3 aliphatic rings. The van der Waals surface area contributed by atoms with Crippen molar-refractivity contribution in [2.75, 3.05) is 26.4 Å². The van der Waals surface area contributed by atoms with Crippen LogP contribution in [0.3, 0.4) is 0 Å². The molecule has 19 nitrogen and oxygen atoms in total. The monoisotopic (exact) mass is 1240 g/mol. The van der Waals surface area contributed by atoms with Crippen LogP contribution < -0.4 is 5.32 Å². The molecule has 0 aromatic carbocycles. The number of unbranched alkanes of at least 4 members (excludes halogenated alkanes) is 22. The van der Waals surface area contributed by atoms with Gasteiger partial charge < -0.3 is 89.9 Å². The van der Waals surface area contributed by atoms with E-state index in [4.69, 9.17) is 28.4 Å². The van der Waals surface area contributed by atoms with Gasteiger partial charge in [-0.2, -0.15) is 0 Å². The zero-order valence-corrected chi connectivity index (χ0v) is 53.0. The van der Waals surface area contributed by atoms with Crippen LogP contribution in [0.25, 0.3) is 0 Å². The van der Waals surface area contributed by atoms with Crippen molar-refractivity contribution in [1.82, 2.24) is 5.32 Å². The minimum Gasteiger partial charge on any atom is -0.394 e. The molecule has 0 saturated carbocycles. The van der Waals surface area contributed by atoms with Crippen molar-refractivity contribution in [3.63, 3.8) is 0 Å². The zero-order chi connectivity index (χ0) is 63.3. The summed E-state index contributed by atoms with van der Waals surface area (Å²) in [5.74, 6) is -0.248. The number of hydrogen-bond donors (Lipinski definition) is 12. The van der Waals surface area contributed by atoms with Crippen LogP contribution >= 0.6 is 0 Å². The topological polar surface area (TPSA) is 307 Å². The summed E-state index contributed by atoms with van der Waals surface area (Å²) >= 11 is 0. The first-order valence-corrected chi connectivity index (χ1v) is 33.7. The second kappa shape index (κ2) is 49.9. The predicted molar refractivity (Wildman–Crippen MR) is 337 cm³/mol. The second-order valence-corrected chi connectivity index (χ2v) is 23.9. The number of carbonyl (C=O) groups is 1. The summed E-state index contributed by atoms with van der Waals surface area (Å²) in [5, 5.41) is 120. The zero-order valence-electron chi connectivity index (χ0n) is 53.0. The Hall–Kier alpha value is -2.77. The normalized spacial score (nSPS) is 29.0. The molecule has 1 amide bonds. The largest absolute Gasteiger partial charge is 0.394 e. The standard InChI is InChI=1S/C68H119NO18/c1-3-5-7-9-11-13-14-15-16-17-18-19-20-21-22-23-24-25-26-27-28-29-30-31-32-33-34-35-36-38-40-42-44-46-56(74)69-51(52(73)45-43-41-39-37-12-10-8-6-4-2)50-82-66-62(80)59(77)64(54(48-71)84-66)87-68-63(81)60(78)65(55(49-72)85-68)86-67-61(79)58(76)57(75)53(47-70)83-67/h5,7,11,13,15-16,18-19,21-22,24-25,51-55,57-68,70-73,75-81H,3-4,6,8-10,12,14,17,20,23,26-50H2,1-2H3,(H,69,74)/b7-5-,13-11-,16-15-,19-18-,22-21-,25-24-. The lowest BCUT2D eigenvalue weighted by atomic mass is 9.96. The van der Waals surface area contributed by atoms with Crippen LogP contribution in [0.1, 0.15) is 219 Å². The fourth-order valence-corrected chi connectivity index (χ4v) is 11.1. The summed E-state index contributed by atoms with van der Waals surface area (Å²) < 4.78 is 34.3. The minimum atomic E-state index is -1.97. The maximum absolute atomic E-state index is 13.4.